The Hall–Kier alpha value is -0.610. The molecule has 0 bridgehead atoms. The van der Waals surface area contributed by atoms with Gasteiger partial charge < -0.3 is 14.6 Å². The van der Waals surface area contributed by atoms with Crippen molar-refractivity contribution in [1.29, 1.82) is 0 Å². The van der Waals surface area contributed by atoms with E-state index in [4.69, 9.17) is 9.47 Å². The van der Waals surface area contributed by atoms with Gasteiger partial charge in [0.15, 0.2) is 0 Å². The molecule has 4 nitrogen and oxygen atoms in total. The van der Waals surface area contributed by atoms with Crippen molar-refractivity contribution >= 4 is 5.97 Å². The van der Waals surface area contributed by atoms with Gasteiger partial charge in [0.1, 0.15) is 0 Å². The lowest BCUT2D eigenvalue weighted by molar-refractivity contribution is -0.153. The molecule has 1 N–H and O–H groups in total. The molecule has 3 rings (SSSR count). The molecule has 102 valence electrons. The van der Waals surface area contributed by atoms with Crippen LogP contribution in [-0.2, 0) is 14.3 Å². The third-order valence-electron chi connectivity index (χ3n) is 5.11. The van der Waals surface area contributed by atoms with E-state index in [1.807, 2.05) is 6.92 Å². The van der Waals surface area contributed by atoms with Crippen LogP contribution in [-0.4, -0.2) is 35.5 Å². The summed E-state index contributed by atoms with van der Waals surface area (Å²) in [6.45, 7) is 3.99. The first-order valence-electron chi connectivity index (χ1n) is 7.09. The summed E-state index contributed by atoms with van der Waals surface area (Å²) in [5.41, 5.74) is -0.647. The van der Waals surface area contributed by atoms with Crippen LogP contribution < -0.4 is 0 Å². The Morgan fingerprint density at radius 2 is 2.06 bits per heavy atom. The third kappa shape index (κ3) is 2.05. The van der Waals surface area contributed by atoms with Crippen LogP contribution >= 0.6 is 0 Å². The summed E-state index contributed by atoms with van der Waals surface area (Å²) in [5.74, 6) is -0.433. The number of carboxylic acid groups (broad SMARTS) is 1. The maximum atomic E-state index is 11.7. The Labute approximate surface area is 108 Å². The summed E-state index contributed by atoms with van der Waals surface area (Å²) in [7, 11) is 0. The summed E-state index contributed by atoms with van der Waals surface area (Å²) < 4.78 is 11.1. The maximum Gasteiger partial charge on any atom is 0.309 e. The molecular formula is C14H22O4. The molecule has 2 aliphatic heterocycles. The van der Waals surface area contributed by atoms with Gasteiger partial charge in [0.25, 0.3) is 0 Å². The van der Waals surface area contributed by atoms with Crippen LogP contribution in [0.4, 0.5) is 0 Å². The first kappa shape index (κ1) is 12.4. The first-order chi connectivity index (χ1) is 8.54. The van der Waals surface area contributed by atoms with Crippen molar-refractivity contribution in [2.75, 3.05) is 0 Å². The molecule has 6 atom stereocenters. The van der Waals surface area contributed by atoms with Gasteiger partial charge in [-0.2, -0.15) is 0 Å². The summed E-state index contributed by atoms with van der Waals surface area (Å²) in [5, 5.41) is 9.62. The van der Waals surface area contributed by atoms with Crippen LogP contribution in [0, 0.1) is 11.3 Å². The van der Waals surface area contributed by atoms with E-state index in [0.29, 0.717) is 18.6 Å². The van der Waals surface area contributed by atoms with Crippen LogP contribution in [0.1, 0.15) is 46.0 Å². The second-order valence-electron chi connectivity index (χ2n) is 6.27. The lowest BCUT2D eigenvalue weighted by Gasteiger charge is -2.35. The van der Waals surface area contributed by atoms with E-state index < -0.39 is 11.4 Å². The number of carboxylic acids is 1. The molecule has 0 aromatic heterocycles. The fourth-order valence-corrected chi connectivity index (χ4v) is 3.55. The standard InChI is InChI=1S/C14H22O4/c1-3-9-12(17-9)7-14(2,13(15)16)8-4-5-10-11(6-8)18-10/h8-12H,3-7H2,1-2H3,(H,15,16). The molecule has 4 heteroatoms. The van der Waals surface area contributed by atoms with Gasteiger partial charge in [0.2, 0.25) is 0 Å². The zero-order chi connectivity index (χ0) is 12.9. The van der Waals surface area contributed by atoms with Crippen molar-refractivity contribution in [3.63, 3.8) is 0 Å². The van der Waals surface area contributed by atoms with Gasteiger partial charge in [-0.3, -0.25) is 4.79 Å². The third-order valence-corrected chi connectivity index (χ3v) is 5.11. The van der Waals surface area contributed by atoms with Crippen molar-refractivity contribution in [2.45, 2.75) is 70.4 Å². The van der Waals surface area contributed by atoms with E-state index >= 15 is 0 Å². The van der Waals surface area contributed by atoms with Gasteiger partial charge >= 0.3 is 5.97 Å². The smallest absolute Gasteiger partial charge is 0.309 e. The normalized spacial score (nSPS) is 44.9. The van der Waals surface area contributed by atoms with Gasteiger partial charge in [-0.1, -0.05) is 6.92 Å². The molecule has 3 aliphatic rings. The largest absolute Gasteiger partial charge is 0.481 e. The molecule has 1 saturated carbocycles. The highest BCUT2D eigenvalue weighted by molar-refractivity contribution is 5.74. The number of hydrogen-bond donors (Lipinski definition) is 1. The topological polar surface area (TPSA) is 62.4 Å². The number of carbonyl (C=O) groups is 1. The molecular weight excluding hydrogens is 232 g/mol. The van der Waals surface area contributed by atoms with Crippen LogP contribution in [0.15, 0.2) is 0 Å². The molecule has 3 fully saturated rings. The maximum absolute atomic E-state index is 11.7. The van der Waals surface area contributed by atoms with E-state index in [0.717, 1.165) is 25.7 Å². The molecule has 6 unspecified atom stereocenters. The molecule has 18 heavy (non-hydrogen) atoms. The number of epoxide rings is 2. The Morgan fingerprint density at radius 3 is 2.61 bits per heavy atom. The fraction of sp³-hybridized carbons (Fsp3) is 0.929. The highest BCUT2D eigenvalue weighted by atomic mass is 16.6. The number of aliphatic carboxylic acids is 1. The van der Waals surface area contributed by atoms with Crippen LogP contribution in [0.25, 0.3) is 0 Å². The monoisotopic (exact) mass is 254 g/mol. The zero-order valence-corrected chi connectivity index (χ0v) is 11.1. The van der Waals surface area contributed by atoms with E-state index in [1.54, 1.807) is 0 Å². The average molecular weight is 254 g/mol. The Kier molecular flexibility index (Phi) is 2.90. The van der Waals surface area contributed by atoms with Crippen molar-refractivity contribution in [1.82, 2.24) is 0 Å². The first-order valence-corrected chi connectivity index (χ1v) is 7.09. The number of ether oxygens (including phenoxy) is 2. The fourth-order valence-electron chi connectivity index (χ4n) is 3.55. The summed E-state index contributed by atoms with van der Waals surface area (Å²) in [4.78, 5) is 11.7. The summed E-state index contributed by atoms with van der Waals surface area (Å²) in [6, 6.07) is 0. The Balaban J connectivity index is 1.67. The second kappa shape index (κ2) is 4.20. The van der Waals surface area contributed by atoms with Gasteiger partial charge in [0.05, 0.1) is 29.8 Å². The highest BCUT2D eigenvalue weighted by Gasteiger charge is 2.54. The van der Waals surface area contributed by atoms with Crippen molar-refractivity contribution in [3.8, 4) is 0 Å². The van der Waals surface area contributed by atoms with Crippen LogP contribution in [0.5, 0.6) is 0 Å². The van der Waals surface area contributed by atoms with Crippen molar-refractivity contribution < 1.29 is 19.4 Å². The zero-order valence-electron chi connectivity index (χ0n) is 11.1. The molecule has 2 saturated heterocycles. The lowest BCUT2D eigenvalue weighted by Crippen LogP contribution is -2.39. The second-order valence-corrected chi connectivity index (χ2v) is 6.27. The SMILES string of the molecule is CCC1OC1CC(C)(C(=O)O)C1CCC2OC2C1. The summed E-state index contributed by atoms with van der Waals surface area (Å²) in [6.07, 6.45) is 5.78. The number of hydrogen-bond acceptors (Lipinski definition) is 3. The quantitative estimate of drug-likeness (QED) is 0.764. The molecule has 0 aromatic rings. The minimum absolute atomic E-state index is 0.161. The van der Waals surface area contributed by atoms with Gasteiger partial charge in [-0.15, -0.1) is 0 Å². The molecule has 0 amide bonds. The average Bonchev–Trinajstić information content (AvgIpc) is 3.22. The highest BCUT2D eigenvalue weighted by Crippen LogP contribution is 2.50. The van der Waals surface area contributed by atoms with Crippen molar-refractivity contribution in [2.24, 2.45) is 11.3 Å². The van der Waals surface area contributed by atoms with Gasteiger partial charge in [-0.25, -0.2) is 0 Å². The minimum atomic E-state index is -0.669. The lowest BCUT2D eigenvalue weighted by atomic mass is 9.67. The van der Waals surface area contributed by atoms with Crippen LogP contribution in [0.3, 0.4) is 0 Å². The molecule has 0 radical (unpaired) electrons. The van der Waals surface area contributed by atoms with E-state index in [-0.39, 0.29) is 18.1 Å². The molecule has 0 spiro atoms. The predicted octanol–water partition coefficient (Wildman–Crippen LogP) is 2.21. The number of rotatable bonds is 5. The van der Waals surface area contributed by atoms with E-state index in [9.17, 15) is 9.90 Å². The Morgan fingerprint density at radius 1 is 1.28 bits per heavy atom. The van der Waals surface area contributed by atoms with E-state index in [1.165, 1.54) is 0 Å². The van der Waals surface area contributed by atoms with Gasteiger partial charge in [-0.05, 0) is 44.9 Å². The Bertz CT molecular complexity index is 356. The molecule has 0 aromatic carbocycles. The number of fused-ring (bicyclic) bond motifs is 1. The molecule has 2 heterocycles. The minimum Gasteiger partial charge on any atom is -0.481 e. The van der Waals surface area contributed by atoms with Gasteiger partial charge in [0, 0.05) is 0 Å². The van der Waals surface area contributed by atoms with Crippen molar-refractivity contribution in [3.05, 3.63) is 0 Å². The predicted molar refractivity (Wildman–Crippen MR) is 65.3 cm³/mol. The molecule has 1 aliphatic carbocycles. The summed E-state index contributed by atoms with van der Waals surface area (Å²) >= 11 is 0. The van der Waals surface area contributed by atoms with Crippen LogP contribution in [0.2, 0.25) is 0 Å². The van der Waals surface area contributed by atoms with E-state index in [2.05, 4.69) is 6.92 Å².